The zero-order valence-corrected chi connectivity index (χ0v) is 15.5. The molecule has 144 valence electrons. The third-order valence-corrected chi connectivity index (χ3v) is 4.26. The lowest BCUT2D eigenvalue weighted by Gasteiger charge is -2.07. The first-order valence-electron chi connectivity index (χ1n) is 7.92. The van der Waals surface area contributed by atoms with E-state index in [0.29, 0.717) is 11.0 Å². The van der Waals surface area contributed by atoms with Gasteiger partial charge in [-0.25, -0.2) is 9.18 Å². The van der Waals surface area contributed by atoms with Crippen LogP contribution in [-0.2, 0) is 27.8 Å². The number of nitrogens with zero attached hydrogens (tertiary/aromatic N) is 3. The van der Waals surface area contributed by atoms with E-state index in [9.17, 15) is 18.8 Å². The average Bonchev–Trinajstić information content (AvgIpc) is 2.95. The standard InChI is InChI=1S/C16H18FN5O4S/c1-3-26-14(24)8-12-20-21-16(22(12)2)27-9-13(23)19-15(25)18-11-7-5-4-6-10(11)17/h4-7H,3,8-9H2,1-2H3,(H2,18,19,23,25). The summed E-state index contributed by atoms with van der Waals surface area (Å²) in [7, 11) is 1.65. The predicted octanol–water partition coefficient (Wildman–Crippen LogP) is 1.50. The Bertz CT molecular complexity index is 842. The fourth-order valence-corrected chi connectivity index (χ4v) is 2.70. The van der Waals surface area contributed by atoms with E-state index in [1.807, 2.05) is 0 Å². The first-order chi connectivity index (χ1) is 12.9. The molecule has 3 amide bonds. The predicted molar refractivity (Wildman–Crippen MR) is 95.6 cm³/mol. The number of anilines is 1. The summed E-state index contributed by atoms with van der Waals surface area (Å²) in [5, 5.41) is 12.5. The van der Waals surface area contributed by atoms with E-state index in [2.05, 4.69) is 20.8 Å². The minimum Gasteiger partial charge on any atom is -0.466 e. The summed E-state index contributed by atoms with van der Waals surface area (Å²) in [6, 6.07) is 4.76. The molecule has 0 unspecified atom stereocenters. The van der Waals surface area contributed by atoms with Crippen LogP contribution < -0.4 is 10.6 Å². The molecular formula is C16H18FN5O4S. The summed E-state index contributed by atoms with van der Waals surface area (Å²) >= 11 is 1.04. The number of carbonyl (C=O) groups is 3. The number of hydrogen-bond donors (Lipinski definition) is 2. The van der Waals surface area contributed by atoms with Crippen LogP contribution in [0.5, 0.6) is 0 Å². The molecule has 9 nitrogen and oxygen atoms in total. The Labute approximate surface area is 158 Å². The zero-order chi connectivity index (χ0) is 19.8. The van der Waals surface area contributed by atoms with Crippen LogP contribution in [0.3, 0.4) is 0 Å². The van der Waals surface area contributed by atoms with Crippen LogP contribution in [0.15, 0.2) is 29.4 Å². The van der Waals surface area contributed by atoms with Gasteiger partial charge in [0.05, 0.1) is 18.0 Å². The number of hydrogen-bond acceptors (Lipinski definition) is 7. The third-order valence-electron chi connectivity index (χ3n) is 3.24. The summed E-state index contributed by atoms with van der Waals surface area (Å²) in [5.41, 5.74) is -0.0349. The average molecular weight is 395 g/mol. The van der Waals surface area contributed by atoms with Gasteiger partial charge in [-0.05, 0) is 19.1 Å². The summed E-state index contributed by atoms with van der Waals surface area (Å²) < 4.78 is 19.9. The lowest BCUT2D eigenvalue weighted by molar-refractivity contribution is -0.142. The van der Waals surface area contributed by atoms with E-state index in [4.69, 9.17) is 4.74 Å². The molecular weight excluding hydrogens is 377 g/mol. The van der Waals surface area contributed by atoms with Gasteiger partial charge in [0, 0.05) is 7.05 Å². The molecule has 27 heavy (non-hydrogen) atoms. The first-order valence-corrected chi connectivity index (χ1v) is 8.91. The molecule has 1 aromatic heterocycles. The highest BCUT2D eigenvalue weighted by Crippen LogP contribution is 2.16. The Balaban J connectivity index is 1.83. The maximum absolute atomic E-state index is 13.5. The van der Waals surface area contributed by atoms with Crippen molar-refractivity contribution in [3.63, 3.8) is 0 Å². The maximum atomic E-state index is 13.5. The zero-order valence-electron chi connectivity index (χ0n) is 14.7. The number of halogens is 1. The number of rotatable bonds is 7. The number of urea groups is 1. The van der Waals surface area contributed by atoms with Gasteiger partial charge in [0.15, 0.2) is 5.16 Å². The number of aromatic nitrogens is 3. The Morgan fingerprint density at radius 2 is 2.00 bits per heavy atom. The summed E-state index contributed by atoms with van der Waals surface area (Å²) in [6.45, 7) is 1.98. The van der Waals surface area contributed by atoms with Gasteiger partial charge in [-0.3, -0.25) is 14.9 Å². The minimum atomic E-state index is -0.841. The number of benzene rings is 1. The number of esters is 1. The highest BCUT2D eigenvalue weighted by Gasteiger charge is 2.16. The van der Waals surface area contributed by atoms with Crippen LogP contribution in [0.25, 0.3) is 0 Å². The third kappa shape index (κ3) is 6.06. The SMILES string of the molecule is CCOC(=O)Cc1nnc(SCC(=O)NC(=O)Nc2ccccc2F)n1C. The molecule has 1 aromatic carbocycles. The van der Waals surface area contributed by atoms with Crippen molar-refractivity contribution < 1.29 is 23.5 Å². The van der Waals surface area contributed by atoms with Gasteiger partial charge in [0.2, 0.25) is 5.91 Å². The second-order valence-corrected chi connectivity index (χ2v) is 6.15. The van der Waals surface area contributed by atoms with Gasteiger partial charge in [0.25, 0.3) is 0 Å². The molecule has 0 aliphatic heterocycles. The Morgan fingerprint density at radius 3 is 2.70 bits per heavy atom. The molecule has 0 saturated heterocycles. The number of ether oxygens (including phenoxy) is 1. The van der Waals surface area contributed by atoms with Crippen LogP contribution >= 0.6 is 11.8 Å². The van der Waals surface area contributed by atoms with Crippen molar-refractivity contribution in [2.24, 2.45) is 7.05 Å². The molecule has 0 aliphatic rings. The van der Waals surface area contributed by atoms with E-state index >= 15 is 0 Å². The molecule has 0 aliphatic carbocycles. The lowest BCUT2D eigenvalue weighted by atomic mass is 10.3. The fourth-order valence-electron chi connectivity index (χ4n) is 1.97. The molecule has 0 atom stereocenters. The van der Waals surface area contributed by atoms with Crippen molar-refractivity contribution in [1.82, 2.24) is 20.1 Å². The van der Waals surface area contributed by atoms with Gasteiger partial charge in [-0.15, -0.1) is 10.2 Å². The number of carbonyl (C=O) groups excluding carboxylic acids is 3. The van der Waals surface area contributed by atoms with Gasteiger partial charge >= 0.3 is 12.0 Å². The van der Waals surface area contributed by atoms with Crippen molar-refractivity contribution in [1.29, 1.82) is 0 Å². The van der Waals surface area contributed by atoms with Crippen molar-refractivity contribution >= 4 is 35.4 Å². The second-order valence-electron chi connectivity index (χ2n) is 5.21. The topological polar surface area (TPSA) is 115 Å². The van der Waals surface area contributed by atoms with Crippen molar-refractivity contribution in [3.8, 4) is 0 Å². The number of imide groups is 1. The second kappa shape index (κ2) is 9.67. The highest BCUT2D eigenvalue weighted by atomic mass is 32.2. The molecule has 0 bridgehead atoms. The summed E-state index contributed by atoms with van der Waals surface area (Å²) in [6.07, 6.45) is -0.0326. The molecule has 11 heteroatoms. The van der Waals surface area contributed by atoms with Gasteiger partial charge in [-0.1, -0.05) is 23.9 Å². The van der Waals surface area contributed by atoms with E-state index in [-0.39, 0.29) is 24.5 Å². The summed E-state index contributed by atoms with van der Waals surface area (Å²) in [5.74, 6) is -1.34. The van der Waals surface area contributed by atoms with Crippen LogP contribution in [0.1, 0.15) is 12.7 Å². The van der Waals surface area contributed by atoms with E-state index in [0.717, 1.165) is 11.8 Å². The molecule has 0 fully saturated rings. The van der Waals surface area contributed by atoms with E-state index in [1.165, 1.54) is 18.2 Å². The Morgan fingerprint density at radius 1 is 1.26 bits per heavy atom. The Hall–Kier alpha value is -2.95. The summed E-state index contributed by atoms with van der Waals surface area (Å²) in [4.78, 5) is 35.1. The van der Waals surface area contributed by atoms with Gasteiger partial charge in [0.1, 0.15) is 18.1 Å². The largest absolute Gasteiger partial charge is 0.466 e. The lowest BCUT2D eigenvalue weighted by Crippen LogP contribution is -2.35. The smallest absolute Gasteiger partial charge is 0.325 e. The quantitative estimate of drug-likeness (QED) is 0.539. The van der Waals surface area contributed by atoms with Crippen LogP contribution in [0, 0.1) is 5.82 Å². The number of thioether (sulfide) groups is 1. The molecule has 2 aromatic rings. The van der Waals surface area contributed by atoms with Crippen LogP contribution in [0.4, 0.5) is 14.9 Å². The van der Waals surface area contributed by atoms with Crippen LogP contribution in [-0.4, -0.2) is 45.0 Å². The molecule has 2 rings (SSSR count). The monoisotopic (exact) mass is 395 g/mol. The van der Waals surface area contributed by atoms with E-state index < -0.39 is 23.7 Å². The van der Waals surface area contributed by atoms with E-state index in [1.54, 1.807) is 24.6 Å². The highest BCUT2D eigenvalue weighted by molar-refractivity contribution is 7.99. The normalized spacial score (nSPS) is 10.3. The fraction of sp³-hybridized carbons (Fsp3) is 0.312. The first kappa shape index (κ1) is 20.4. The molecule has 0 radical (unpaired) electrons. The minimum absolute atomic E-state index is 0.0326. The number of amides is 3. The van der Waals surface area contributed by atoms with Crippen molar-refractivity contribution in [2.45, 2.75) is 18.5 Å². The Kier molecular flexibility index (Phi) is 7.29. The molecule has 0 saturated carbocycles. The van der Waals surface area contributed by atoms with Crippen LogP contribution in [0.2, 0.25) is 0 Å². The number of nitrogens with one attached hydrogen (secondary N) is 2. The number of para-hydroxylation sites is 1. The van der Waals surface area contributed by atoms with Gasteiger partial charge in [-0.2, -0.15) is 0 Å². The molecule has 1 heterocycles. The van der Waals surface area contributed by atoms with Crippen molar-refractivity contribution in [2.75, 3.05) is 17.7 Å². The maximum Gasteiger partial charge on any atom is 0.325 e. The molecule has 2 N–H and O–H groups in total. The van der Waals surface area contributed by atoms with Gasteiger partial charge < -0.3 is 14.6 Å². The van der Waals surface area contributed by atoms with Crippen molar-refractivity contribution in [3.05, 3.63) is 35.9 Å². The molecule has 0 spiro atoms.